The molecule has 3 heteroatoms. The van der Waals surface area contributed by atoms with Gasteiger partial charge in [-0.3, -0.25) is 0 Å². The molecule has 0 aliphatic carbocycles. The number of benzene rings is 1. The van der Waals surface area contributed by atoms with Crippen molar-refractivity contribution in [3.05, 3.63) is 33.9 Å². The van der Waals surface area contributed by atoms with Crippen molar-refractivity contribution in [2.24, 2.45) is 0 Å². The van der Waals surface area contributed by atoms with Gasteiger partial charge in [0.2, 0.25) is 0 Å². The van der Waals surface area contributed by atoms with Crippen LogP contribution in [-0.2, 0) is 0 Å². The van der Waals surface area contributed by atoms with E-state index in [4.69, 9.17) is 5.26 Å². The number of aromatic amines is 1. The minimum Gasteiger partial charge on any atom is -0.357 e. The van der Waals surface area contributed by atoms with Gasteiger partial charge in [0, 0.05) is 21.1 Å². The summed E-state index contributed by atoms with van der Waals surface area (Å²) in [7, 11) is 0. The number of aromatic nitrogens is 1. The molecule has 0 amide bonds. The van der Waals surface area contributed by atoms with Crippen molar-refractivity contribution < 1.29 is 0 Å². The number of fused-ring (bicyclic) bond motifs is 1. The molecule has 2 aromatic rings. The van der Waals surface area contributed by atoms with Crippen LogP contribution in [0.25, 0.3) is 10.9 Å². The van der Waals surface area contributed by atoms with E-state index in [0.29, 0.717) is 0 Å². The van der Waals surface area contributed by atoms with Crippen molar-refractivity contribution in [1.82, 2.24) is 4.98 Å². The predicted molar refractivity (Wildman–Crippen MR) is 55.5 cm³/mol. The highest BCUT2D eigenvalue weighted by atomic mass is 79.9. The zero-order chi connectivity index (χ0) is 9.42. The lowest BCUT2D eigenvalue weighted by molar-refractivity contribution is 1.28. The van der Waals surface area contributed by atoms with Crippen LogP contribution in [0, 0.1) is 18.3 Å². The van der Waals surface area contributed by atoms with Crippen LogP contribution in [0.5, 0.6) is 0 Å². The molecule has 0 aliphatic rings. The Labute approximate surface area is 84.3 Å². The van der Waals surface area contributed by atoms with Gasteiger partial charge in [0.05, 0.1) is 5.56 Å². The third kappa shape index (κ3) is 1.14. The summed E-state index contributed by atoms with van der Waals surface area (Å²) in [6.45, 7) is 1.91. The van der Waals surface area contributed by atoms with E-state index < -0.39 is 0 Å². The summed E-state index contributed by atoms with van der Waals surface area (Å²) in [5.74, 6) is 0. The van der Waals surface area contributed by atoms with E-state index >= 15 is 0 Å². The van der Waals surface area contributed by atoms with E-state index in [1.807, 2.05) is 25.1 Å². The van der Waals surface area contributed by atoms with Gasteiger partial charge in [0.25, 0.3) is 0 Å². The van der Waals surface area contributed by atoms with Crippen LogP contribution >= 0.6 is 15.9 Å². The topological polar surface area (TPSA) is 39.6 Å². The summed E-state index contributed by atoms with van der Waals surface area (Å²) in [5, 5.41) is 9.91. The number of H-pyrrole nitrogens is 1. The molecule has 1 heterocycles. The first kappa shape index (κ1) is 8.33. The maximum absolute atomic E-state index is 8.94. The first-order valence-corrected chi connectivity index (χ1v) is 4.70. The molecule has 0 saturated carbocycles. The molecule has 0 saturated heterocycles. The van der Waals surface area contributed by atoms with E-state index in [-0.39, 0.29) is 0 Å². The molecule has 0 fully saturated rings. The van der Waals surface area contributed by atoms with Gasteiger partial charge in [-0.1, -0.05) is 22.0 Å². The van der Waals surface area contributed by atoms with Crippen LogP contribution in [0.15, 0.2) is 22.7 Å². The second-order valence-electron chi connectivity index (χ2n) is 2.90. The fourth-order valence-corrected chi connectivity index (χ4v) is 2.04. The average Bonchev–Trinajstić information content (AvgIpc) is 2.42. The molecule has 0 aliphatic heterocycles. The largest absolute Gasteiger partial charge is 0.357 e. The minimum atomic E-state index is 0.725. The Morgan fingerprint density at radius 2 is 2.23 bits per heavy atom. The Morgan fingerprint density at radius 1 is 1.46 bits per heavy atom. The van der Waals surface area contributed by atoms with E-state index in [9.17, 15) is 0 Å². The maximum atomic E-state index is 8.94. The maximum Gasteiger partial charge on any atom is 0.102 e. The van der Waals surface area contributed by atoms with Crippen LogP contribution in [-0.4, -0.2) is 4.98 Å². The molecule has 0 radical (unpaired) electrons. The fourth-order valence-electron chi connectivity index (χ4n) is 1.47. The van der Waals surface area contributed by atoms with Gasteiger partial charge < -0.3 is 4.98 Å². The third-order valence-corrected chi connectivity index (χ3v) is 2.73. The van der Waals surface area contributed by atoms with E-state index in [1.165, 1.54) is 0 Å². The molecule has 0 unspecified atom stereocenters. The summed E-state index contributed by atoms with van der Waals surface area (Å²) in [6.07, 6.45) is 0. The van der Waals surface area contributed by atoms with Crippen LogP contribution in [0.1, 0.15) is 11.3 Å². The summed E-state index contributed by atoms with van der Waals surface area (Å²) >= 11 is 3.43. The number of hydrogen-bond acceptors (Lipinski definition) is 1. The number of rotatable bonds is 0. The second-order valence-corrected chi connectivity index (χ2v) is 3.75. The van der Waals surface area contributed by atoms with Gasteiger partial charge in [-0.2, -0.15) is 5.26 Å². The Bertz CT molecular complexity index is 505. The highest BCUT2D eigenvalue weighted by Gasteiger charge is 2.09. The third-order valence-electron chi connectivity index (χ3n) is 2.07. The van der Waals surface area contributed by atoms with Crippen LogP contribution in [0.3, 0.4) is 0 Å². The zero-order valence-electron chi connectivity index (χ0n) is 7.06. The van der Waals surface area contributed by atoms with Crippen LogP contribution < -0.4 is 0 Å². The predicted octanol–water partition coefficient (Wildman–Crippen LogP) is 3.11. The molecule has 1 N–H and O–H groups in total. The number of nitrogens with zero attached hydrogens (tertiary/aromatic N) is 1. The summed E-state index contributed by atoms with van der Waals surface area (Å²) < 4.78 is 0.964. The first-order chi connectivity index (χ1) is 6.24. The van der Waals surface area contributed by atoms with Gasteiger partial charge in [-0.05, 0) is 19.1 Å². The lowest BCUT2D eigenvalue weighted by Crippen LogP contribution is -1.75. The Kier molecular flexibility index (Phi) is 1.86. The first-order valence-electron chi connectivity index (χ1n) is 3.91. The smallest absolute Gasteiger partial charge is 0.102 e. The molecule has 64 valence electrons. The van der Waals surface area contributed by atoms with Crippen molar-refractivity contribution in [2.45, 2.75) is 6.92 Å². The van der Waals surface area contributed by atoms with Crippen molar-refractivity contribution in [2.75, 3.05) is 0 Å². The van der Waals surface area contributed by atoms with Crippen LogP contribution in [0.2, 0.25) is 0 Å². The Balaban J connectivity index is 2.99. The monoisotopic (exact) mass is 234 g/mol. The summed E-state index contributed by atoms with van der Waals surface area (Å²) in [4.78, 5) is 3.17. The molecule has 1 aromatic carbocycles. The van der Waals surface area contributed by atoms with Gasteiger partial charge in [-0.25, -0.2) is 0 Å². The van der Waals surface area contributed by atoms with Crippen molar-refractivity contribution >= 4 is 26.8 Å². The van der Waals surface area contributed by atoms with Gasteiger partial charge >= 0.3 is 0 Å². The molecular formula is C10H7BrN2. The fraction of sp³-hybridized carbons (Fsp3) is 0.100. The molecule has 2 nitrogen and oxygen atoms in total. The quantitative estimate of drug-likeness (QED) is 0.748. The van der Waals surface area contributed by atoms with E-state index in [2.05, 4.69) is 27.0 Å². The average molecular weight is 235 g/mol. The van der Waals surface area contributed by atoms with Crippen molar-refractivity contribution in [3.63, 3.8) is 0 Å². The van der Waals surface area contributed by atoms with E-state index in [1.54, 1.807) is 0 Å². The summed E-state index contributed by atoms with van der Waals surface area (Å²) in [5.41, 5.74) is 2.65. The van der Waals surface area contributed by atoms with E-state index in [0.717, 1.165) is 26.6 Å². The Morgan fingerprint density at radius 3 is 2.92 bits per heavy atom. The highest BCUT2D eigenvalue weighted by Crippen LogP contribution is 2.28. The minimum absolute atomic E-state index is 0.725. The molecule has 0 bridgehead atoms. The lowest BCUT2D eigenvalue weighted by Gasteiger charge is -1.92. The van der Waals surface area contributed by atoms with Gasteiger partial charge in [0.1, 0.15) is 6.07 Å². The number of nitrogens with one attached hydrogen (secondary N) is 1. The molecule has 0 atom stereocenters. The highest BCUT2D eigenvalue weighted by molar-refractivity contribution is 9.10. The standard InChI is InChI=1S/C10H7BrN2/c1-6-7(5-12)10-8(11)3-2-4-9(10)13-6/h2-4,13H,1H3. The molecule has 2 rings (SSSR count). The Hall–Kier alpha value is -1.27. The zero-order valence-corrected chi connectivity index (χ0v) is 8.64. The SMILES string of the molecule is Cc1[nH]c2cccc(Br)c2c1C#N. The van der Waals surface area contributed by atoms with Gasteiger partial charge in [0.15, 0.2) is 0 Å². The molecule has 1 aromatic heterocycles. The molecule has 13 heavy (non-hydrogen) atoms. The number of nitriles is 1. The van der Waals surface area contributed by atoms with Crippen LogP contribution in [0.4, 0.5) is 0 Å². The second kappa shape index (κ2) is 2.90. The normalized spacial score (nSPS) is 10.2. The number of halogens is 1. The van der Waals surface area contributed by atoms with Gasteiger partial charge in [-0.15, -0.1) is 0 Å². The number of hydrogen-bond donors (Lipinski definition) is 1. The van der Waals surface area contributed by atoms with Crippen molar-refractivity contribution in [1.29, 1.82) is 5.26 Å². The number of aryl methyl sites for hydroxylation is 1. The molecule has 0 spiro atoms. The summed E-state index contributed by atoms with van der Waals surface area (Å²) in [6, 6.07) is 8.05. The lowest BCUT2D eigenvalue weighted by atomic mass is 10.1. The molecular weight excluding hydrogens is 228 g/mol. The van der Waals surface area contributed by atoms with Crippen molar-refractivity contribution in [3.8, 4) is 6.07 Å².